The van der Waals surface area contributed by atoms with Crippen LogP contribution in [-0.2, 0) is 10.0 Å². The lowest BCUT2D eigenvalue weighted by Gasteiger charge is -2.23. The highest BCUT2D eigenvalue weighted by molar-refractivity contribution is 7.89. The van der Waals surface area contributed by atoms with Crippen molar-refractivity contribution in [1.29, 1.82) is 0 Å². The summed E-state index contributed by atoms with van der Waals surface area (Å²) in [5.41, 5.74) is 5.96. The molecule has 1 aliphatic rings. The van der Waals surface area contributed by atoms with Crippen molar-refractivity contribution in [2.75, 3.05) is 25.9 Å². The highest BCUT2D eigenvalue weighted by Crippen LogP contribution is 2.23. The van der Waals surface area contributed by atoms with Crippen LogP contribution in [0.3, 0.4) is 0 Å². The van der Waals surface area contributed by atoms with E-state index in [1.165, 1.54) is 43.9 Å². The highest BCUT2D eigenvalue weighted by Gasteiger charge is 2.20. The van der Waals surface area contributed by atoms with Crippen LogP contribution in [0.2, 0.25) is 5.02 Å². The molecule has 1 aliphatic carbocycles. The number of anilines is 1. The van der Waals surface area contributed by atoms with Gasteiger partial charge in [-0.25, -0.2) is 13.1 Å². The molecule has 0 heterocycles. The first-order chi connectivity index (χ1) is 9.90. The van der Waals surface area contributed by atoms with Crippen LogP contribution in [0.25, 0.3) is 0 Å². The van der Waals surface area contributed by atoms with Gasteiger partial charge in [0, 0.05) is 19.1 Å². The molecule has 0 saturated heterocycles. The fourth-order valence-electron chi connectivity index (χ4n) is 2.64. The third-order valence-electron chi connectivity index (χ3n) is 3.99. The molecule has 0 aromatic heterocycles. The first-order valence-electron chi connectivity index (χ1n) is 7.15. The Balaban J connectivity index is 1.90. The van der Waals surface area contributed by atoms with Crippen molar-refractivity contribution in [2.45, 2.75) is 36.6 Å². The number of nitrogens with zero attached hydrogens (tertiary/aromatic N) is 1. The van der Waals surface area contributed by atoms with Crippen molar-refractivity contribution in [3.05, 3.63) is 23.2 Å². The van der Waals surface area contributed by atoms with Gasteiger partial charge in [0.2, 0.25) is 10.0 Å². The molecule has 0 radical (unpaired) electrons. The van der Waals surface area contributed by atoms with Crippen molar-refractivity contribution in [3.63, 3.8) is 0 Å². The maximum absolute atomic E-state index is 12.2. The van der Waals surface area contributed by atoms with E-state index in [4.69, 9.17) is 17.3 Å². The van der Waals surface area contributed by atoms with E-state index in [-0.39, 0.29) is 9.92 Å². The second-order valence-electron chi connectivity index (χ2n) is 5.50. The van der Waals surface area contributed by atoms with Gasteiger partial charge in [-0.1, -0.05) is 24.4 Å². The minimum Gasteiger partial charge on any atom is -0.398 e. The SMILES string of the molecule is CN(CCNS(=O)(=O)c1ccc(N)c(Cl)c1)C1CCCC1. The molecule has 5 nitrogen and oxygen atoms in total. The summed E-state index contributed by atoms with van der Waals surface area (Å²) in [6.07, 6.45) is 4.95. The third-order valence-corrected chi connectivity index (χ3v) is 5.77. The number of halogens is 1. The summed E-state index contributed by atoms with van der Waals surface area (Å²) >= 11 is 5.87. The van der Waals surface area contributed by atoms with Crippen molar-refractivity contribution < 1.29 is 8.42 Å². The Labute approximate surface area is 131 Å². The Bertz CT molecular complexity index is 586. The molecular weight excluding hydrogens is 310 g/mol. The third kappa shape index (κ3) is 4.32. The van der Waals surface area contributed by atoms with Crippen LogP contribution in [0.4, 0.5) is 5.69 Å². The lowest BCUT2D eigenvalue weighted by atomic mass is 10.2. The largest absolute Gasteiger partial charge is 0.398 e. The normalized spacial score (nSPS) is 16.7. The van der Waals surface area contributed by atoms with E-state index in [9.17, 15) is 8.42 Å². The number of sulfonamides is 1. The summed E-state index contributed by atoms with van der Waals surface area (Å²) in [5, 5.41) is 0.251. The summed E-state index contributed by atoms with van der Waals surface area (Å²) in [4.78, 5) is 2.37. The smallest absolute Gasteiger partial charge is 0.240 e. The van der Waals surface area contributed by atoms with E-state index in [2.05, 4.69) is 9.62 Å². The van der Waals surface area contributed by atoms with Gasteiger partial charge in [-0.05, 0) is 38.1 Å². The second kappa shape index (κ2) is 6.96. The molecule has 118 valence electrons. The van der Waals surface area contributed by atoms with E-state index < -0.39 is 10.0 Å². The summed E-state index contributed by atoms with van der Waals surface area (Å²) in [5.74, 6) is 0. The quantitative estimate of drug-likeness (QED) is 0.782. The Morgan fingerprint density at radius 2 is 2.05 bits per heavy atom. The van der Waals surface area contributed by atoms with Crippen LogP contribution in [0.15, 0.2) is 23.1 Å². The first kappa shape index (κ1) is 16.5. The number of likely N-dealkylation sites (N-methyl/N-ethyl adjacent to an activating group) is 1. The topological polar surface area (TPSA) is 75.4 Å². The summed E-state index contributed by atoms with van der Waals surface area (Å²) in [6, 6.07) is 4.92. The van der Waals surface area contributed by atoms with Gasteiger partial charge in [0.25, 0.3) is 0 Å². The molecule has 0 aliphatic heterocycles. The highest BCUT2D eigenvalue weighted by atomic mass is 35.5. The molecule has 1 saturated carbocycles. The lowest BCUT2D eigenvalue weighted by molar-refractivity contribution is 0.250. The number of hydrogen-bond donors (Lipinski definition) is 2. The van der Waals surface area contributed by atoms with Gasteiger partial charge >= 0.3 is 0 Å². The van der Waals surface area contributed by atoms with Crippen LogP contribution in [0.5, 0.6) is 0 Å². The summed E-state index contributed by atoms with van der Waals surface area (Å²) < 4.78 is 26.9. The van der Waals surface area contributed by atoms with Gasteiger partial charge in [-0.15, -0.1) is 0 Å². The van der Waals surface area contributed by atoms with Gasteiger partial charge in [0.05, 0.1) is 15.6 Å². The van der Waals surface area contributed by atoms with E-state index >= 15 is 0 Å². The molecule has 7 heteroatoms. The number of benzene rings is 1. The number of nitrogen functional groups attached to an aromatic ring is 1. The van der Waals surface area contributed by atoms with Gasteiger partial charge in [0.1, 0.15) is 0 Å². The molecule has 0 unspecified atom stereocenters. The maximum atomic E-state index is 12.2. The van der Waals surface area contributed by atoms with E-state index in [1.54, 1.807) is 0 Å². The standard InChI is InChI=1S/C14H22ClN3O2S/c1-18(11-4-2-3-5-11)9-8-17-21(19,20)12-6-7-14(16)13(15)10-12/h6-7,10-11,17H,2-5,8-9,16H2,1H3. The average Bonchev–Trinajstić information content (AvgIpc) is 2.95. The molecule has 0 bridgehead atoms. The molecule has 3 N–H and O–H groups in total. The molecular formula is C14H22ClN3O2S. The zero-order chi connectivity index (χ0) is 15.5. The minimum absolute atomic E-state index is 0.144. The maximum Gasteiger partial charge on any atom is 0.240 e. The molecule has 1 fully saturated rings. The van der Waals surface area contributed by atoms with E-state index in [0.29, 0.717) is 24.8 Å². The van der Waals surface area contributed by atoms with Gasteiger partial charge in [-0.2, -0.15) is 0 Å². The predicted octanol–water partition coefficient (Wildman–Crippen LogP) is 2.07. The Kier molecular flexibility index (Phi) is 5.48. The Morgan fingerprint density at radius 1 is 1.38 bits per heavy atom. The molecule has 1 aromatic carbocycles. The Hall–Kier alpha value is -0.820. The first-order valence-corrected chi connectivity index (χ1v) is 9.01. The average molecular weight is 332 g/mol. The van der Waals surface area contributed by atoms with Gasteiger partial charge in [-0.3, -0.25) is 0 Å². The van der Waals surface area contributed by atoms with Crippen molar-refractivity contribution >= 4 is 27.3 Å². The molecule has 0 amide bonds. The van der Waals surface area contributed by atoms with E-state index in [1.807, 2.05) is 7.05 Å². The monoisotopic (exact) mass is 331 g/mol. The predicted molar refractivity (Wildman–Crippen MR) is 85.9 cm³/mol. The zero-order valence-electron chi connectivity index (χ0n) is 12.2. The van der Waals surface area contributed by atoms with Crippen molar-refractivity contribution in [2.24, 2.45) is 0 Å². The van der Waals surface area contributed by atoms with Crippen LogP contribution in [0.1, 0.15) is 25.7 Å². The van der Waals surface area contributed by atoms with Gasteiger partial charge < -0.3 is 10.6 Å². The lowest BCUT2D eigenvalue weighted by Crippen LogP contribution is -2.37. The second-order valence-corrected chi connectivity index (χ2v) is 7.67. The summed E-state index contributed by atoms with van der Waals surface area (Å²) in [7, 11) is -1.49. The molecule has 2 rings (SSSR count). The van der Waals surface area contributed by atoms with Crippen molar-refractivity contribution in [1.82, 2.24) is 9.62 Å². The van der Waals surface area contributed by atoms with Crippen LogP contribution < -0.4 is 10.5 Å². The fraction of sp³-hybridized carbons (Fsp3) is 0.571. The fourth-order valence-corrected chi connectivity index (χ4v) is 3.93. The van der Waals surface area contributed by atoms with Crippen LogP contribution in [0, 0.1) is 0 Å². The van der Waals surface area contributed by atoms with E-state index in [0.717, 1.165) is 0 Å². The molecule has 0 atom stereocenters. The van der Waals surface area contributed by atoms with Gasteiger partial charge in [0.15, 0.2) is 0 Å². The number of hydrogen-bond acceptors (Lipinski definition) is 4. The number of nitrogens with two attached hydrogens (primary N) is 1. The van der Waals surface area contributed by atoms with Crippen LogP contribution in [-0.4, -0.2) is 39.5 Å². The summed E-state index contributed by atoms with van der Waals surface area (Å²) in [6.45, 7) is 1.09. The molecule has 0 spiro atoms. The number of rotatable bonds is 6. The van der Waals surface area contributed by atoms with Crippen LogP contribution >= 0.6 is 11.6 Å². The minimum atomic E-state index is -3.54. The van der Waals surface area contributed by atoms with Crippen molar-refractivity contribution in [3.8, 4) is 0 Å². The molecule has 1 aromatic rings. The Morgan fingerprint density at radius 3 is 2.67 bits per heavy atom. The zero-order valence-corrected chi connectivity index (χ0v) is 13.8. The molecule has 21 heavy (non-hydrogen) atoms. The number of nitrogens with one attached hydrogen (secondary N) is 1.